The van der Waals surface area contributed by atoms with E-state index in [0.29, 0.717) is 5.95 Å². The van der Waals surface area contributed by atoms with Gasteiger partial charge in [0.15, 0.2) is 0 Å². The predicted molar refractivity (Wildman–Crippen MR) is 60.7 cm³/mol. The lowest BCUT2D eigenvalue weighted by molar-refractivity contribution is 1.17. The number of nitrogens with zero attached hydrogens (tertiary/aromatic N) is 2. The molecule has 2 aromatic rings. The molecule has 0 fully saturated rings. The lowest BCUT2D eigenvalue weighted by atomic mass is 10.4. The smallest absolute Gasteiger partial charge is 0.233 e. The summed E-state index contributed by atoms with van der Waals surface area (Å²) in [6.07, 6.45) is 0. The fourth-order valence-corrected chi connectivity index (χ4v) is 2.37. The maximum Gasteiger partial charge on any atom is 0.233 e. The summed E-state index contributed by atoms with van der Waals surface area (Å²) in [5.74, 6) is 0.333. The van der Waals surface area contributed by atoms with Crippen molar-refractivity contribution in [3.05, 3.63) is 21.9 Å². The molecule has 14 heavy (non-hydrogen) atoms. The minimum atomic E-state index is 0.333. The molecule has 0 bridgehead atoms. The highest BCUT2D eigenvalue weighted by atomic mass is 32.1. The molecule has 0 unspecified atom stereocenters. The first-order valence-electron chi connectivity index (χ1n) is 4.12. The summed E-state index contributed by atoms with van der Waals surface area (Å²) >= 11 is 3.06. The van der Waals surface area contributed by atoms with E-state index in [-0.39, 0.29) is 0 Å². The summed E-state index contributed by atoms with van der Waals surface area (Å²) in [6, 6.07) is 4.22. The zero-order valence-corrected chi connectivity index (χ0v) is 9.28. The van der Waals surface area contributed by atoms with E-state index >= 15 is 0 Å². The monoisotopic (exact) mass is 226 g/mol. The topological polar surface area (TPSA) is 63.8 Å². The molecule has 0 aliphatic heterocycles. The van der Waals surface area contributed by atoms with Crippen LogP contribution in [0.4, 0.5) is 11.1 Å². The van der Waals surface area contributed by atoms with Crippen LogP contribution >= 0.6 is 22.9 Å². The molecule has 0 amide bonds. The van der Waals surface area contributed by atoms with E-state index in [1.165, 1.54) is 21.3 Å². The van der Waals surface area contributed by atoms with E-state index in [2.05, 4.69) is 33.7 Å². The van der Waals surface area contributed by atoms with Crippen molar-refractivity contribution in [3.63, 3.8) is 0 Å². The lowest BCUT2D eigenvalue weighted by Crippen LogP contribution is -1.96. The van der Waals surface area contributed by atoms with E-state index in [9.17, 15) is 0 Å². The number of aromatic nitrogens is 2. The molecule has 0 aliphatic rings. The van der Waals surface area contributed by atoms with Crippen molar-refractivity contribution in [3.8, 4) is 0 Å². The highest BCUT2D eigenvalue weighted by Crippen LogP contribution is 2.18. The standard InChI is InChI=1S/C8H10N4S2/c1-5-2-3-6(13-5)4-10-8-11-7(9)12-14-8/h2-3H,4H2,1H3,(H3,9,10,11,12). The Balaban J connectivity index is 1.94. The van der Waals surface area contributed by atoms with Gasteiger partial charge in [0.1, 0.15) is 0 Å². The van der Waals surface area contributed by atoms with E-state index in [0.717, 1.165) is 11.7 Å². The minimum Gasteiger partial charge on any atom is -0.367 e. The largest absolute Gasteiger partial charge is 0.367 e. The number of nitrogen functional groups attached to an aromatic ring is 1. The Morgan fingerprint density at radius 1 is 1.50 bits per heavy atom. The molecule has 4 nitrogen and oxygen atoms in total. The zero-order valence-electron chi connectivity index (χ0n) is 7.65. The van der Waals surface area contributed by atoms with Gasteiger partial charge in [-0.05, 0) is 19.1 Å². The Morgan fingerprint density at radius 3 is 2.93 bits per heavy atom. The van der Waals surface area contributed by atoms with Crippen molar-refractivity contribution >= 4 is 33.9 Å². The first-order valence-corrected chi connectivity index (χ1v) is 5.71. The van der Waals surface area contributed by atoms with Gasteiger partial charge in [-0.15, -0.1) is 11.3 Å². The van der Waals surface area contributed by atoms with E-state index in [4.69, 9.17) is 5.73 Å². The zero-order chi connectivity index (χ0) is 9.97. The second kappa shape index (κ2) is 3.93. The average Bonchev–Trinajstić information content (AvgIpc) is 2.72. The van der Waals surface area contributed by atoms with Gasteiger partial charge in [0.05, 0.1) is 6.54 Å². The summed E-state index contributed by atoms with van der Waals surface area (Å²) in [5, 5.41) is 3.94. The van der Waals surface area contributed by atoms with Gasteiger partial charge in [0.2, 0.25) is 11.1 Å². The van der Waals surface area contributed by atoms with E-state index in [1.807, 2.05) is 0 Å². The van der Waals surface area contributed by atoms with Gasteiger partial charge in [0, 0.05) is 21.3 Å². The van der Waals surface area contributed by atoms with Crippen molar-refractivity contribution < 1.29 is 0 Å². The summed E-state index contributed by atoms with van der Waals surface area (Å²) in [4.78, 5) is 6.62. The summed E-state index contributed by atoms with van der Waals surface area (Å²) in [6.45, 7) is 2.88. The number of thiophene rings is 1. The number of nitrogens with two attached hydrogens (primary N) is 1. The number of aryl methyl sites for hydroxylation is 1. The Labute approximate surface area is 90.0 Å². The summed E-state index contributed by atoms with van der Waals surface area (Å²) in [5.41, 5.74) is 5.40. The van der Waals surface area contributed by atoms with Gasteiger partial charge in [-0.1, -0.05) is 0 Å². The molecule has 0 saturated heterocycles. The Morgan fingerprint density at radius 2 is 2.36 bits per heavy atom. The van der Waals surface area contributed by atoms with Gasteiger partial charge in [-0.25, -0.2) is 0 Å². The number of anilines is 2. The number of hydrogen-bond donors (Lipinski definition) is 2. The average molecular weight is 226 g/mol. The Hall–Kier alpha value is -1.14. The number of rotatable bonds is 3. The van der Waals surface area contributed by atoms with Crippen LogP contribution in [-0.4, -0.2) is 9.36 Å². The quantitative estimate of drug-likeness (QED) is 0.841. The van der Waals surface area contributed by atoms with Crippen LogP contribution in [0.25, 0.3) is 0 Å². The summed E-state index contributed by atoms with van der Waals surface area (Å²) in [7, 11) is 0. The molecule has 0 aromatic carbocycles. The van der Waals surface area contributed by atoms with Crippen LogP contribution in [0.5, 0.6) is 0 Å². The highest BCUT2D eigenvalue weighted by molar-refractivity contribution is 7.12. The molecular weight excluding hydrogens is 216 g/mol. The van der Waals surface area contributed by atoms with Crippen LogP contribution < -0.4 is 11.1 Å². The van der Waals surface area contributed by atoms with Gasteiger partial charge in [-0.3, -0.25) is 0 Å². The second-order valence-electron chi connectivity index (χ2n) is 2.82. The van der Waals surface area contributed by atoms with Gasteiger partial charge in [0.25, 0.3) is 0 Å². The van der Waals surface area contributed by atoms with Crippen molar-refractivity contribution in [1.82, 2.24) is 9.36 Å². The fourth-order valence-electron chi connectivity index (χ4n) is 1.05. The molecule has 2 aromatic heterocycles. The first kappa shape index (κ1) is 9.42. The van der Waals surface area contributed by atoms with Crippen molar-refractivity contribution in [1.29, 1.82) is 0 Å². The lowest BCUT2D eigenvalue weighted by Gasteiger charge is -1.97. The molecule has 0 aliphatic carbocycles. The van der Waals surface area contributed by atoms with E-state index < -0.39 is 0 Å². The predicted octanol–water partition coefficient (Wildman–Crippen LogP) is 2.10. The maximum atomic E-state index is 5.40. The number of nitrogens with one attached hydrogen (secondary N) is 1. The van der Waals surface area contributed by atoms with E-state index in [1.54, 1.807) is 11.3 Å². The molecule has 0 radical (unpaired) electrons. The minimum absolute atomic E-state index is 0.333. The molecule has 2 rings (SSSR count). The first-order chi connectivity index (χ1) is 6.74. The summed E-state index contributed by atoms with van der Waals surface area (Å²) < 4.78 is 3.88. The highest BCUT2D eigenvalue weighted by Gasteiger charge is 2.00. The molecule has 0 atom stereocenters. The normalized spacial score (nSPS) is 10.4. The van der Waals surface area contributed by atoms with Crippen LogP contribution in [0.2, 0.25) is 0 Å². The van der Waals surface area contributed by atoms with Crippen LogP contribution in [0.1, 0.15) is 9.75 Å². The molecule has 6 heteroatoms. The van der Waals surface area contributed by atoms with Crippen LogP contribution in [0.15, 0.2) is 12.1 Å². The Bertz CT molecular complexity index is 380. The van der Waals surface area contributed by atoms with Crippen LogP contribution in [0.3, 0.4) is 0 Å². The van der Waals surface area contributed by atoms with Crippen molar-refractivity contribution in [2.45, 2.75) is 13.5 Å². The van der Waals surface area contributed by atoms with Crippen molar-refractivity contribution in [2.24, 2.45) is 0 Å². The van der Waals surface area contributed by atoms with Crippen LogP contribution in [0, 0.1) is 6.92 Å². The van der Waals surface area contributed by atoms with Gasteiger partial charge in [-0.2, -0.15) is 9.36 Å². The molecular formula is C8H10N4S2. The third kappa shape index (κ3) is 2.21. The molecule has 0 spiro atoms. The van der Waals surface area contributed by atoms with Gasteiger partial charge >= 0.3 is 0 Å². The second-order valence-corrected chi connectivity index (χ2v) is 4.95. The SMILES string of the molecule is Cc1ccc(CNc2nc(N)ns2)s1. The third-order valence-corrected chi connectivity index (χ3v) is 3.34. The molecule has 74 valence electrons. The Kier molecular flexibility index (Phi) is 2.64. The van der Waals surface area contributed by atoms with Crippen LogP contribution in [-0.2, 0) is 6.54 Å². The van der Waals surface area contributed by atoms with Crippen molar-refractivity contribution in [2.75, 3.05) is 11.1 Å². The fraction of sp³-hybridized carbons (Fsp3) is 0.250. The third-order valence-electron chi connectivity index (χ3n) is 1.65. The molecule has 2 heterocycles. The molecule has 0 saturated carbocycles. The number of hydrogen-bond acceptors (Lipinski definition) is 6. The molecule has 3 N–H and O–H groups in total. The maximum absolute atomic E-state index is 5.40. The van der Waals surface area contributed by atoms with Gasteiger partial charge < -0.3 is 11.1 Å².